The number of aromatic nitrogens is 3. The molecule has 0 bridgehead atoms. The summed E-state index contributed by atoms with van der Waals surface area (Å²) in [7, 11) is 0. The summed E-state index contributed by atoms with van der Waals surface area (Å²) in [5, 5.41) is 3.24. The molecule has 1 unspecified atom stereocenters. The highest BCUT2D eigenvalue weighted by Gasteiger charge is 2.32. The first kappa shape index (κ1) is 19.3. The van der Waals surface area contributed by atoms with Crippen LogP contribution < -0.4 is 5.56 Å². The van der Waals surface area contributed by atoms with Crippen LogP contribution in [0.4, 0.5) is 0 Å². The van der Waals surface area contributed by atoms with Crippen LogP contribution >= 0.6 is 0 Å². The van der Waals surface area contributed by atoms with E-state index in [1.54, 1.807) is 4.52 Å². The average Bonchev–Trinajstić information content (AvgIpc) is 3.48. The lowest BCUT2D eigenvalue weighted by atomic mass is 9.97. The van der Waals surface area contributed by atoms with Crippen molar-refractivity contribution in [2.45, 2.75) is 70.3 Å². The number of amides is 2. The van der Waals surface area contributed by atoms with E-state index < -0.39 is 0 Å². The lowest BCUT2D eigenvalue weighted by Gasteiger charge is -2.24. The first-order chi connectivity index (χ1) is 14.6. The molecule has 4 heterocycles. The molecule has 8 nitrogen and oxygen atoms in total. The maximum Gasteiger partial charge on any atom is 0.276 e. The molecule has 1 N–H and O–H groups in total. The number of carbonyl (C=O) groups is 2. The molecule has 30 heavy (non-hydrogen) atoms. The Bertz CT molecular complexity index is 1040. The number of fused-ring (bicyclic) bond motifs is 2. The molecule has 2 aliphatic heterocycles. The zero-order valence-electron chi connectivity index (χ0n) is 17.4. The van der Waals surface area contributed by atoms with Crippen molar-refractivity contribution in [2.75, 3.05) is 19.6 Å². The Morgan fingerprint density at radius 1 is 1.10 bits per heavy atom. The Balaban J connectivity index is 1.31. The second-order valence-electron chi connectivity index (χ2n) is 8.79. The summed E-state index contributed by atoms with van der Waals surface area (Å²) >= 11 is 0. The van der Waals surface area contributed by atoms with Crippen molar-refractivity contribution in [1.29, 1.82) is 0 Å². The van der Waals surface area contributed by atoms with Gasteiger partial charge in [-0.2, -0.15) is 0 Å². The number of nitrogens with zero attached hydrogens (tertiary/aromatic N) is 4. The molecule has 0 saturated carbocycles. The van der Waals surface area contributed by atoms with Crippen LogP contribution in [0.25, 0.3) is 5.65 Å². The summed E-state index contributed by atoms with van der Waals surface area (Å²) in [5.41, 5.74) is 3.33. The maximum absolute atomic E-state index is 12.9. The number of hydrogen-bond acceptors (Lipinski definition) is 4. The Hall–Kier alpha value is -2.64. The van der Waals surface area contributed by atoms with Gasteiger partial charge < -0.3 is 9.80 Å². The molecular formula is C22H29N5O3. The molecule has 1 aliphatic carbocycles. The van der Waals surface area contributed by atoms with E-state index >= 15 is 0 Å². The van der Waals surface area contributed by atoms with Gasteiger partial charge >= 0.3 is 0 Å². The zero-order valence-corrected chi connectivity index (χ0v) is 17.4. The zero-order chi connectivity index (χ0) is 20.7. The Morgan fingerprint density at radius 2 is 1.97 bits per heavy atom. The summed E-state index contributed by atoms with van der Waals surface area (Å²) in [4.78, 5) is 46.1. The summed E-state index contributed by atoms with van der Waals surface area (Å²) in [6.45, 7) is 2.22. The number of rotatable bonds is 5. The second kappa shape index (κ2) is 7.89. The monoisotopic (exact) mass is 411 g/mol. The minimum absolute atomic E-state index is 0.00658. The molecule has 1 atom stereocenters. The van der Waals surface area contributed by atoms with Crippen molar-refractivity contribution in [2.24, 2.45) is 0 Å². The number of nitrogens with one attached hydrogen (secondary N) is 1. The Labute approximate surface area is 175 Å². The van der Waals surface area contributed by atoms with Crippen molar-refractivity contribution in [1.82, 2.24) is 24.4 Å². The fourth-order valence-corrected chi connectivity index (χ4v) is 5.24. The van der Waals surface area contributed by atoms with Crippen LogP contribution in [0.2, 0.25) is 0 Å². The molecule has 5 rings (SSSR count). The third kappa shape index (κ3) is 3.42. The van der Waals surface area contributed by atoms with Crippen LogP contribution in [0.3, 0.4) is 0 Å². The standard InChI is InChI=1S/C22H29N5O3/c28-20-9-4-11-25(20)12-5-10-21(29)26-13-3-8-18(26)17-14-19-23-16-7-2-1-6-15(16)22(30)27(19)24-17/h14,18,24H,1-13H2. The van der Waals surface area contributed by atoms with Gasteiger partial charge in [-0.05, 0) is 51.4 Å². The van der Waals surface area contributed by atoms with Gasteiger partial charge in [0.25, 0.3) is 5.56 Å². The van der Waals surface area contributed by atoms with Gasteiger partial charge in [0, 0.05) is 44.1 Å². The van der Waals surface area contributed by atoms with Crippen molar-refractivity contribution in [3.8, 4) is 0 Å². The molecule has 160 valence electrons. The first-order valence-electron chi connectivity index (χ1n) is 11.3. The molecular weight excluding hydrogens is 382 g/mol. The maximum atomic E-state index is 12.9. The summed E-state index contributed by atoms with van der Waals surface area (Å²) in [6.07, 6.45) is 8.35. The van der Waals surface area contributed by atoms with Crippen molar-refractivity contribution < 1.29 is 9.59 Å². The van der Waals surface area contributed by atoms with Crippen LogP contribution in [0.15, 0.2) is 10.9 Å². The predicted octanol–water partition coefficient (Wildman–Crippen LogP) is 1.97. The van der Waals surface area contributed by atoms with Gasteiger partial charge in [-0.1, -0.05) is 0 Å². The van der Waals surface area contributed by atoms with Crippen LogP contribution in [-0.4, -0.2) is 55.8 Å². The van der Waals surface area contributed by atoms with Crippen LogP contribution in [0.1, 0.15) is 74.4 Å². The molecule has 2 aromatic rings. The van der Waals surface area contributed by atoms with Gasteiger partial charge in [0.15, 0.2) is 5.65 Å². The number of H-pyrrole nitrogens is 1. The van der Waals surface area contributed by atoms with E-state index in [0.717, 1.165) is 75.0 Å². The number of aryl methyl sites for hydroxylation is 1. The fourth-order valence-electron chi connectivity index (χ4n) is 5.24. The molecule has 8 heteroatoms. The van der Waals surface area contributed by atoms with Gasteiger partial charge in [0.05, 0.1) is 17.4 Å². The van der Waals surface area contributed by atoms with Crippen molar-refractivity contribution in [3.05, 3.63) is 33.4 Å². The highest BCUT2D eigenvalue weighted by atomic mass is 16.2. The highest BCUT2D eigenvalue weighted by molar-refractivity contribution is 5.79. The highest BCUT2D eigenvalue weighted by Crippen LogP contribution is 2.32. The number of carbonyl (C=O) groups excluding carboxylic acids is 2. The molecule has 2 saturated heterocycles. The predicted molar refractivity (Wildman–Crippen MR) is 111 cm³/mol. The third-order valence-electron chi connectivity index (χ3n) is 6.83. The number of likely N-dealkylation sites (tertiary alicyclic amines) is 2. The third-order valence-corrected chi connectivity index (χ3v) is 6.83. The Morgan fingerprint density at radius 3 is 2.80 bits per heavy atom. The SMILES string of the molecule is O=C1CCCN1CCCC(=O)N1CCCC1c1cc2nc3c(c(=O)n2[nH]1)CCCC3. The van der Waals surface area contributed by atoms with Gasteiger partial charge in [-0.3, -0.25) is 19.5 Å². The van der Waals surface area contributed by atoms with Gasteiger partial charge in [-0.25, -0.2) is 9.50 Å². The van der Waals surface area contributed by atoms with Crippen LogP contribution in [0, 0.1) is 0 Å². The van der Waals surface area contributed by atoms with E-state index in [2.05, 4.69) is 5.10 Å². The van der Waals surface area contributed by atoms with Gasteiger partial charge in [0.2, 0.25) is 11.8 Å². The van der Waals surface area contributed by atoms with E-state index in [1.165, 1.54) is 0 Å². The smallest absolute Gasteiger partial charge is 0.276 e. The van der Waals surface area contributed by atoms with E-state index in [4.69, 9.17) is 4.98 Å². The Kier molecular flexibility index (Phi) is 5.08. The van der Waals surface area contributed by atoms with Crippen LogP contribution in [0.5, 0.6) is 0 Å². The topological polar surface area (TPSA) is 90.8 Å². The van der Waals surface area contributed by atoms with Crippen LogP contribution in [-0.2, 0) is 22.4 Å². The normalized spacial score (nSPS) is 21.6. The summed E-state index contributed by atoms with van der Waals surface area (Å²) < 4.78 is 1.56. The van der Waals surface area contributed by atoms with Gasteiger partial charge in [0.1, 0.15) is 0 Å². The van der Waals surface area contributed by atoms with Gasteiger partial charge in [-0.15, -0.1) is 0 Å². The van der Waals surface area contributed by atoms with Crippen molar-refractivity contribution in [3.63, 3.8) is 0 Å². The second-order valence-corrected chi connectivity index (χ2v) is 8.79. The minimum atomic E-state index is -0.0379. The minimum Gasteiger partial charge on any atom is -0.343 e. The molecule has 3 aliphatic rings. The number of aromatic amines is 1. The molecule has 2 aromatic heterocycles. The van der Waals surface area contributed by atoms with E-state index in [1.807, 2.05) is 15.9 Å². The molecule has 0 radical (unpaired) electrons. The lowest BCUT2D eigenvalue weighted by molar-refractivity contribution is -0.133. The largest absolute Gasteiger partial charge is 0.343 e. The van der Waals surface area contributed by atoms with E-state index in [9.17, 15) is 14.4 Å². The number of hydrogen-bond donors (Lipinski definition) is 1. The molecule has 0 spiro atoms. The summed E-state index contributed by atoms with van der Waals surface area (Å²) in [5.74, 6) is 0.336. The quantitative estimate of drug-likeness (QED) is 0.814. The summed E-state index contributed by atoms with van der Waals surface area (Å²) in [6, 6.07) is 1.90. The van der Waals surface area contributed by atoms with E-state index in [0.29, 0.717) is 31.5 Å². The van der Waals surface area contributed by atoms with Crippen molar-refractivity contribution >= 4 is 17.5 Å². The fraction of sp³-hybridized carbons (Fsp3) is 0.636. The first-order valence-corrected chi connectivity index (χ1v) is 11.3. The van der Waals surface area contributed by atoms with E-state index in [-0.39, 0.29) is 23.4 Å². The molecule has 2 amide bonds. The molecule has 0 aromatic carbocycles. The lowest BCUT2D eigenvalue weighted by Crippen LogP contribution is -2.32. The average molecular weight is 412 g/mol. The molecule has 2 fully saturated rings.